The minimum Gasteiger partial charge on any atom is -0.280 e. The lowest BCUT2D eigenvalue weighted by Crippen LogP contribution is -2.13. The van der Waals surface area contributed by atoms with Crippen LogP contribution in [0.25, 0.3) is 11.1 Å². The van der Waals surface area contributed by atoms with Crippen molar-refractivity contribution in [3.63, 3.8) is 0 Å². The molecule has 3 aromatic rings. The van der Waals surface area contributed by atoms with Gasteiger partial charge in [-0.1, -0.05) is 48.5 Å². The molecule has 23 heavy (non-hydrogen) atoms. The Morgan fingerprint density at radius 1 is 0.739 bits per heavy atom. The van der Waals surface area contributed by atoms with Gasteiger partial charge in [-0.15, -0.1) is 0 Å². The van der Waals surface area contributed by atoms with Crippen LogP contribution in [0.2, 0.25) is 0 Å². The van der Waals surface area contributed by atoms with E-state index >= 15 is 0 Å². The number of rotatable bonds is 3. The topological polar surface area (TPSA) is 46.2 Å². The molecule has 3 aromatic carbocycles. The molecule has 0 aliphatic heterocycles. The molecule has 0 saturated carbocycles. The Morgan fingerprint density at radius 2 is 1.43 bits per heavy atom. The van der Waals surface area contributed by atoms with Gasteiger partial charge in [0, 0.05) is 5.69 Å². The van der Waals surface area contributed by atoms with Gasteiger partial charge in [-0.3, -0.25) is 4.72 Å². The van der Waals surface area contributed by atoms with Crippen molar-refractivity contribution in [2.45, 2.75) is 11.3 Å². The summed E-state index contributed by atoms with van der Waals surface area (Å²) in [5.74, 6) is 0. The van der Waals surface area contributed by atoms with E-state index in [4.69, 9.17) is 0 Å². The summed E-state index contributed by atoms with van der Waals surface area (Å²) in [6.45, 7) is 0. The molecule has 3 nitrogen and oxygen atoms in total. The van der Waals surface area contributed by atoms with Gasteiger partial charge in [0.25, 0.3) is 10.0 Å². The first-order valence-electron chi connectivity index (χ1n) is 7.42. The van der Waals surface area contributed by atoms with Crippen LogP contribution >= 0.6 is 0 Å². The van der Waals surface area contributed by atoms with Crippen molar-refractivity contribution in [1.29, 1.82) is 0 Å². The summed E-state index contributed by atoms with van der Waals surface area (Å²) in [7, 11) is -3.57. The third-order valence-corrected chi connectivity index (χ3v) is 5.48. The number of para-hydroxylation sites is 1. The maximum Gasteiger partial charge on any atom is 0.261 e. The predicted octanol–water partition coefficient (Wildman–Crippen LogP) is 4.06. The zero-order valence-electron chi connectivity index (χ0n) is 12.4. The highest BCUT2D eigenvalue weighted by atomic mass is 32.2. The van der Waals surface area contributed by atoms with E-state index in [0.29, 0.717) is 10.6 Å². The van der Waals surface area contributed by atoms with E-state index in [1.807, 2.05) is 24.3 Å². The van der Waals surface area contributed by atoms with Gasteiger partial charge in [-0.05, 0) is 52.9 Å². The van der Waals surface area contributed by atoms with E-state index < -0.39 is 10.0 Å². The molecule has 4 rings (SSSR count). The van der Waals surface area contributed by atoms with Crippen LogP contribution in [-0.4, -0.2) is 8.42 Å². The summed E-state index contributed by atoms with van der Waals surface area (Å²) in [5, 5.41) is 0. The molecule has 0 radical (unpaired) electrons. The maximum absolute atomic E-state index is 12.6. The second kappa shape index (κ2) is 5.25. The molecular formula is C19H15NO2S. The first-order chi connectivity index (χ1) is 11.1. The van der Waals surface area contributed by atoms with Gasteiger partial charge in [0.05, 0.1) is 4.90 Å². The molecule has 0 saturated heterocycles. The highest BCUT2D eigenvalue weighted by molar-refractivity contribution is 7.92. The van der Waals surface area contributed by atoms with Crippen LogP contribution in [0.4, 0.5) is 5.69 Å². The lowest BCUT2D eigenvalue weighted by molar-refractivity contribution is 0.601. The van der Waals surface area contributed by atoms with E-state index in [-0.39, 0.29) is 0 Å². The lowest BCUT2D eigenvalue weighted by Gasteiger charge is -2.09. The van der Waals surface area contributed by atoms with Gasteiger partial charge >= 0.3 is 0 Å². The van der Waals surface area contributed by atoms with Gasteiger partial charge in [-0.25, -0.2) is 8.42 Å². The Morgan fingerprint density at radius 3 is 2.26 bits per heavy atom. The number of fused-ring (bicyclic) bond motifs is 3. The molecule has 0 aromatic heterocycles. The summed E-state index contributed by atoms with van der Waals surface area (Å²) in [5.41, 5.74) is 5.19. The molecular weight excluding hydrogens is 306 g/mol. The van der Waals surface area contributed by atoms with Crippen molar-refractivity contribution in [2.24, 2.45) is 0 Å². The molecule has 0 atom stereocenters. The van der Waals surface area contributed by atoms with Gasteiger partial charge in [-0.2, -0.15) is 0 Å². The average Bonchev–Trinajstić information content (AvgIpc) is 2.93. The second-order valence-corrected chi connectivity index (χ2v) is 7.31. The minimum absolute atomic E-state index is 0.299. The fraction of sp³-hybridized carbons (Fsp3) is 0.0526. The molecule has 0 spiro atoms. The number of hydrogen-bond acceptors (Lipinski definition) is 2. The summed E-state index contributed by atoms with van der Waals surface area (Å²) in [6, 6.07) is 22.5. The van der Waals surface area contributed by atoms with Crippen LogP contribution < -0.4 is 4.72 Å². The van der Waals surface area contributed by atoms with Crippen molar-refractivity contribution in [2.75, 3.05) is 4.72 Å². The van der Waals surface area contributed by atoms with E-state index in [2.05, 4.69) is 16.9 Å². The first-order valence-corrected chi connectivity index (χ1v) is 8.91. The smallest absolute Gasteiger partial charge is 0.261 e. The second-order valence-electron chi connectivity index (χ2n) is 5.62. The third-order valence-electron chi connectivity index (χ3n) is 4.10. The monoisotopic (exact) mass is 321 g/mol. The van der Waals surface area contributed by atoms with Crippen molar-refractivity contribution >= 4 is 15.7 Å². The Balaban J connectivity index is 1.71. The number of benzene rings is 3. The normalized spacial score (nSPS) is 12.5. The number of hydrogen-bond donors (Lipinski definition) is 1. The predicted molar refractivity (Wildman–Crippen MR) is 91.9 cm³/mol. The summed E-state index contributed by atoms with van der Waals surface area (Å²) < 4.78 is 27.7. The van der Waals surface area contributed by atoms with Crippen LogP contribution in [0, 0.1) is 0 Å². The summed E-state index contributed by atoms with van der Waals surface area (Å²) >= 11 is 0. The number of anilines is 1. The van der Waals surface area contributed by atoms with E-state index in [1.54, 1.807) is 36.4 Å². The van der Waals surface area contributed by atoms with Crippen LogP contribution in [-0.2, 0) is 16.4 Å². The highest BCUT2D eigenvalue weighted by Crippen LogP contribution is 2.37. The quantitative estimate of drug-likeness (QED) is 0.618. The van der Waals surface area contributed by atoms with E-state index in [0.717, 1.165) is 17.5 Å². The molecule has 1 aliphatic carbocycles. The van der Waals surface area contributed by atoms with Crippen LogP contribution in [0.5, 0.6) is 0 Å². The van der Waals surface area contributed by atoms with Gasteiger partial charge in [0.1, 0.15) is 0 Å². The lowest BCUT2D eigenvalue weighted by atomic mass is 10.1. The Hall–Kier alpha value is -2.59. The third kappa shape index (κ3) is 2.51. The molecule has 4 heteroatoms. The Bertz CT molecular complexity index is 979. The Kier molecular flexibility index (Phi) is 3.20. The van der Waals surface area contributed by atoms with Crippen molar-refractivity contribution in [1.82, 2.24) is 0 Å². The van der Waals surface area contributed by atoms with Crippen molar-refractivity contribution < 1.29 is 8.42 Å². The van der Waals surface area contributed by atoms with Crippen LogP contribution in [0.1, 0.15) is 11.1 Å². The minimum atomic E-state index is -3.57. The van der Waals surface area contributed by atoms with Crippen LogP contribution in [0.15, 0.2) is 77.7 Å². The van der Waals surface area contributed by atoms with Crippen molar-refractivity contribution in [3.8, 4) is 11.1 Å². The largest absolute Gasteiger partial charge is 0.280 e. The zero-order valence-corrected chi connectivity index (χ0v) is 13.2. The van der Waals surface area contributed by atoms with Gasteiger partial charge in [0.2, 0.25) is 0 Å². The molecule has 0 amide bonds. The fourth-order valence-electron chi connectivity index (χ4n) is 3.01. The molecule has 0 unspecified atom stereocenters. The fourth-order valence-corrected chi connectivity index (χ4v) is 4.12. The van der Waals surface area contributed by atoms with E-state index in [1.165, 1.54) is 11.1 Å². The van der Waals surface area contributed by atoms with Gasteiger partial charge < -0.3 is 0 Å². The number of sulfonamides is 1. The van der Waals surface area contributed by atoms with Gasteiger partial charge in [0.15, 0.2) is 0 Å². The molecule has 114 valence electrons. The maximum atomic E-state index is 12.6. The Labute approximate surface area is 135 Å². The standard InChI is InChI=1S/C19H15NO2S/c21-23(22,20-16-7-2-1-3-8-16)17-10-11-19-15(13-17)12-14-6-4-5-9-18(14)19/h1-11,13,20H,12H2. The summed E-state index contributed by atoms with van der Waals surface area (Å²) in [4.78, 5) is 0.299. The zero-order chi connectivity index (χ0) is 15.9. The van der Waals surface area contributed by atoms with Crippen molar-refractivity contribution in [3.05, 3.63) is 83.9 Å². The average molecular weight is 321 g/mol. The molecule has 1 N–H and O–H groups in total. The molecule has 0 heterocycles. The molecule has 1 aliphatic rings. The van der Waals surface area contributed by atoms with Crippen LogP contribution in [0.3, 0.4) is 0 Å². The van der Waals surface area contributed by atoms with E-state index in [9.17, 15) is 8.42 Å². The number of nitrogens with one attached hydrogen (secondary N) is 1. The molecule has 0 fully saturated rings. The first kappa shape index (κ1) is 14.0. The highest BCUT2D eigenvalue weighted by Gasteiger charge is 2.21. The summed E-state index contributed by atoms with van der Waals surface area (Å²) in [6.07, 6.45) is 0.778. The molecule has 0 bridgehead atoms. The SMILES string of the molecule is O=S(=O)(Nc1ccccc1)c1ccc2c(c1)Cc1ccccc1-2.